The zero-order valence-electron chi connectivity index (χ0n) is 14.7. The summed E-state index contributed by atoms with van der Waals surface area (Å²) in [6.45, 7) is 1.91. The van der Waals surface area contributed by atoms with Crippen molar-refractivity contribution in [1.29, 1.82) is 0 Å². The average Bonchev–Trinajstić information content (AvgIpc) is 2.94. The zero-order valence-corrected chi connectivity index (χ0v) is 17.8. The molecular weight excluding hydrogens is 425 g/mol. The van der Waals surface area contributed by atoms with E-state index in [9.17, 15) is 8.42 Å². The number of halogens is 2. The summed E-state index contributed by atoms with van der Waals surface area (Å²) in [6, 6.07) is 12.1. The first-order chi connectivity index (χ1) is 12.8. The quantitative estimate of drug-likeness (QED) is 0.518. The number of nitrogens with zero attached hydrogens (tertiary/aromatic N) is 3. The highest BCUT2D eigenvalue weighted by Gasteiger charge is 2.20. The molecule has 9 heteroatoms. The molecule has 0 saturated heterocycles. The molecular formula is C18H17Cl2N3O2S2. The summed E-state index contributed by atoms with van der Waals surface area (Å²) in [7, 11) is -1.73. The smallest absolute Gasteiger partial charge is 0.191 e. The van der Waals surface area contributed by atoms with E-state index in [4.69, 9.17) is 23.2 Å². The predicted molar refractivity (Wildman–Crippen MR) is 109 cm³/mol. The molecule has 0 aliphatic carbocycles. The molecule has 0 spiro atoms. The topological polar surface area (TPSA) is 64.8 Å². The van der Waals surface area contributed by atoms with Gasteiger partial charge in [0.25, 0.3) is 0 Å². The molecule has 2 aromatic carbocycles. The molecule has 27 heavy (non-hydrogen) atoms. The molecule has 5 nitrogen and oxygen atoms in total. The Bertz CT molecular complexity index is 1060. The Morgan fingerprint density at radius 3 is 2.44 bits per heavy atom. The monoisotopic (exact) mass is 441 g/mol. The first-order valence-electron chi connectivity index (χ1n) is 8.01. The average molecular weight is 442 g/mol. The van der Waals surface area contributed by atoms with Gasteiger partial charge in [0.2, 0.25) is 0 Å². The third-order valence-electron chi connectivity index (χ3n) is 4.00. The summed E-state index contributed by atoms with van der Waals surface area (Å²) in [6.07, 6.45) is 0. The highest BCUT2D eigenvalue weighted by molar-refractivity contribution is 7.98. The van der Waals surface area contributed by atoms with Crippen molar-refractivity contribution in [1.82, 2.24) is 14.8 Å². The van der Waals surface area contributed by atoms with Crippen molar-refractivity contribution in [2.75, 3.05) is 0 Å². The molecule has 0 N–H and O–H groups in total. The number of hydrogen-bond acceptors (Lipinski definition) is 5. The SMILES string of the molecule is Cc1ccc(S(=O)(=O)Cc2nnc(SCc3ccc(Cl)cc3Cl)n2C)cc1. The van der Waals surface area contributed by atoms with Crippen molar-refractivity contribution in [2.45, 2.75) is 28.5 Å². The van der Waals surface area contributed by atoms with Crippen molar-refractivity contribution in [3.05, 3.63) is 69.5 Å². The lowest BCUT2D eigenvalue weighted by Gasteiger charge is -2.07. The van der Waals surface area contributed by atoms with Crippen molar-refractivity contribution in [3.8, 4) is 0 Å². The molecule has 0 bridgehead atoms. The van der Waals surface area contributed by atoms with Gasteiger partial charge in [-0.2, -0.15) is 0 Å². The van der Waals surface area contributed by atoms with Gasteiger partial charge in [-0.05, 0) is 36.8 Å². The second-order valence-corrected chi connectivity index (χ2v) is 9.83. The molecule has 0 aliphatic rings. The normalized spacial score (nSPS) is 11.7. The fraction of sp³-hybridized carbons (Fsp3) is 0.222. The fourth-order valence-corrected chi connectivity index (χ4v) is 5.17. The highest BCUT2D eigenvalue weighted by Crippen LogP contribution is 2.28. The summed E-state index contributed by atoms with van der Waals surface area (Å²) in [4.78, 5) is 0.276. The molecule has 0 atom stereocenters. The number of thioether (sulfide) groups is 1. The third-order valence-corrected chi connectivity index (χ3v) is 7.28. The first kappa shape index (κ1) is 20.2. The lowest BCUT2D eigenvalue weighted by atomic mass is 10.2. The van der Waals surface area contributed by atoms with E-state index < -0.39 is 9.84 Å². The minimum absolute atomic E-state index is 0.207. The van der Waals surface area contributed by atoms with E-state index in [0.717, 1.165) is 11.1 Å². The van der Waals surface area contributed by atoms with Gasteiger partial charge < -0.3 is 4.57 Å². The Hall–Kier alpha value is -1.54. The Morgan fingerprint density at radius 2 is 1.78 bits per heavy atom. The number of hydrogen-bond donors (Lipinski definition) is 0. The van der Waals surface area contributed by atoms with Crippen LogP contribution in [0.3, 0.4) is 0 Å². The van der Waals surface area contributed by atoms with Crippen LogP contribution < -0.4 is 0 Å². The molecule has 0 fully saturated rings. The lowest BCUT2D eigenvalue weighted by Crippen LogP contribution is -2.09. The second kappa shape index (κ2) is 8.22. The summed E-state index contributed by atoms with van der Waals surface area (Å²) >= 11 is 13.5. The summed E-state index contributed by atoms with van der Waals surface area (Å²) in [5.74, 6) is 0.759. The van der Waals surface area contributed by atoms with Gasteiger partial charge >= 0.3 is 0 Å². The Morgan fingerprint density at radius 1 is 1.07 bits per heavy atom. The maximum atomic E-state index is 12.6. The standard InChI is InChI=1S/C18H17Cl2N3O2S2/c1-12-3-7-15(8-4-12)27(24,25)11-17-21-22-18(23(17)2)26-10-13-5-6-14(19)9-16(13)20/h3-9H,10-11H2,1-2H3. The second-order valence-electron chi connectivity index (χ2n) is 6.05. The lowest BCUT2D eigenvalue weighted by molar-refractivity contribution is 0.591. The van der Waals surface area contributed by atoms with Crippen LogP contribution in [0.25, 0.3) is 0 Å². The summed E-state index contributed by atoms with van der Waals surface area (Å²) in [5.41, 5.74) is 1.93. The number of rotatable bonds is 6. The van der Waals surface area contributed by atoms with Crippen LogP contribution in [0.2, 0.25) is 10.0 Å². The van der Waals surface area contributed by atoms with Crippen LogP contribution in [0.15, 0.2) is 52.5 Å². The molecule has 0 unspecified atom stereocenters. The molecule has 0 aliphatic heterocycles. The van der Waals surface area contributed by atoms with E-state index in [2.05, 4.69) is 10.2 Å². The zero-order chi connectivity index (χ0) is 19.6. The molecule has 0 saturated carbocycles. The van der Waals surface area contributed by atoms with Crippen molar-refractivity contribution in [3.63, 3.8) is 0 Å². The third kappa shape index (κ3) is 4.85. The Kier molecular flexibility index (Phi) is 6.15. The number of aryl methyl sites for hydroxylation is 1. The fourth-order valence-electron chi connectivity index (χ4n) is 2.38. The van der Waals surface area contributed by atoms with Crippen LogP contribution in [0.1, 0.15) is 17.0 Å². The predicted octanol–water partition coefficient (Wildman–Crippen LogP) is 4.70. The Balaban J connectivity index is 1.74. The van der Waals surface area contributed by atoms with E-state index >= 15 is 0 Å². The summed E-state index contributed by atoms with van der Waals surface area (Å²) in [5, 5.41) is 9.95. The van der Waals surface area contributed by atoms with Crippen LogP contribution in [0.4, 0.5) is 0 Å². The molecule has 0 amide bonds. The van der Waals surface area contributed by atoms with Crippen molar-refractivity contribution >= 4 is 44.8 Å². The van der Waals surface area contributed by atoms with E-state index in [0.29, 0.717) is 26.8 Å². The number of sulfone groups is 1. The van der Waals surface area contributed by atoms with Crippen LogP contribution >= 0.6 is 35.0 Å². The van der Waals surface area contributed by atoms with Crippen LogP contribution in [0, 0.1) is 6.92 Å². The van der Waals surface area contributed by atoms with Gasteiger partial charge in [-0.25, -0.2) is 8.42 Å². The molecule has 1 heterocycles. The maximum Gasteiger partial charge on any atom is 0.191 e. The van der Waals surface area contributed by atoms with Gasteiger partial charge in [-0.15, -0.1) is 10.2 Å². The van der Waals surface area contributed by atoms with E-state index in [-0.39, 0.29) is 10.6 Å². The van der Waals surface area contributed by atoms with Crippen molar-refractivity contribution < 1.29 is 8.42 Å². The molecule has 1 aromatic heterocycles. The molecule has 142 valence electrons. The highest BCUT2D eigenvalue weighted by atomic mass is 35.5. The van der Waals surface area contributed by atoms with Crippen molar-refractivity contribution in [2.24, 2.45) is 7.05 Å². The van der Waals surface area contributed by atoms with Gasteiger partial charge in [0.05, 0.1) is 4.90 Å². The first-order valence-corrected chi connectivity index (χ1v) is 11.4. The minimum Gasteiger partial charge on any atom is -0.308 e. The maximum absolute atomic E-state index is 12.6. The molecule has 0 radical (unpaired) electrons. The van der Waals surface area contributed by atoms with E-state index in [1.165, 1.54) is 11.8 Å². The molecule has 3 rings (SSSR count). The molecule has 3 aromatic rings. The van der Waals surface area contributed by atoms with Gasteiger partial charge in [0.1, 0.15) is 11.6 Å². The van der Waals surface area contributed by atoms with Gasteiger partial charge in [0.15, 0.2) is 15.0 Å². The van der Waals surface area contributed by atoms with Crippen LogP contribution in [0.5, 0.6) is 0 Å². The minimum atomic E-state index is -3.49. The van der Waals surface area contributed by atoms with Gasteiger partial charge in [0, 0.05) is 22.8 Å². The van der Waals surface area contributed by atoms with Crippen LogP contribution in [-0.4, -0.2) is 23.2 Å². The number of benzene rings is 2. The van der Waals surface area contributed by atoms with E-state index in [1.807, 2.05) is 13.0 Å². The van der Waals surface area contributed by atoms with E-state index in [1.54, 1.807) is 48.0 Å². The number of aromatic nitrogens is 3. The van der Waals surface area contributed by atoms with Crippen LogP contribution in [-0.2, 0) is 28.4 Å². The van der Waals surface area contributed by atoms with Gasteiger partial charge in [-0.3, -0.25) is 0 Å². The Labute approximate surface area is 172 Å². The summed E-state index contributed by atoms with van der Waals surface area (Å²) < 4.78 is 26.9. The largest absolute Gasteiger partial charge is 0.308 e. The van der Waals surface area contributed by atoms with Gasteiger partial charge in [-0.1, -0.05) is 58.7 Å².